The van der Waals surface area contributed by atoms with Crippen molar-refractivity contribution in [2.75, 3.05) is 30.8 Å². The Labute approximate surface area is 253 Å². The minimum atomic E-state index is -3.05. The topological polar surface area (TPSA) is 38.8 Å². The Morgan fingerprint density at radius 3 is 1.70 bits per heavy atom. The number of benzene rings is 4. The zero-order chi connectivity index (χ0) is 27.9. The molecule has 6 rings (SSSR count). The van der Waals surface area contributed by atoms with Crippen molar-refractivity contribution < 1.29 is 13.6 Å². The number of hydrogen-bond acceptors (Lipinski definition) is 4. The monoisotopic (exact) mass is 679 g/mol. The molecule has 0 saturated heterocycles. The fourth-order valence-electron chi connectivity index (χ4n) is 6.55. The maximum absolute atomic E-state index is 13.1. The third-order valence-electron chi connectivity index (χ3n) is 7.97. The Morgan fingerprint density at radius 2 is 1.20 bits per heavy atom. The van der Waals surface area contributed by atoms with E-state index in [1.165, 1.54) is 44.8 Å². The number of para-hydroxylation sites is 2. The average molecular weight is 681 g/mol. The van der Waals surface area contributed by atoms with Crippen molar-refractivity contribution in [3.05, 3.63) is 116 Å². The van der Waals surface area contributed by atoms with Gasteiger partial charge >= 0.3 is 7.60 Å². The second-order valence-electron chi connectivity index (χ2n) is 10.2. The number of unbranched alkanes of at least 4 members (excludes halogenated alkanes) is 1. The zero-order valence-corrected chi connectivity index (χ0v) is 26.8. The summed E-state index contributed by atoms with van der Waals surface area (Å²) in [5, 5.41) is 0. The van der Waals surface area contributed by atoms with Crippen molar-refractivity contribution in [2.45, 2.75) is 32.1 Å². The molecule has 1 spiro atoms. The molecule has 2 aliphatic rings. The first kappa shape index (κ1) is 27.9. The van der Waals surface area contributed by atoms with Crippen LogP contribution in [0.4, 0.5) is 11.4 Å². The maximum atomic E-state index is 13.1. The summed E-state index contributed by atoms with van der Waals surface area (Å²) in [6, 6.07) is 31.0. The van der Waals surface area contributed by atoms with E-state index in [0.29, 0.717) is 19.4 Å². The van der Waals surface area contributed by atoms with Crippen LogP contribution in [0.25, 0.3) is 11.1 Å². The molecule has 0 amide bonds. The highest BCUT2D eigenvalue weighted by atomic mass is 79.9. The predicted octanol–water partition coefficient (Wildman–Crippen LogP) is 10.1. The van der Waals surface area contributed by atoms with Gasteiger partial charge in [0.25, 0.3) is 0 Å². The van der Waals surface area contributed by atoms with Crippen LogP contribution in [0, 0.1) is 0 Å². The second kappa shape index (κ2) is 11.2. The molecular formula is C33H32Br2NO3P. The van der Waals surface area contributed by atoms with Gasteiger partial charge in [-0.2, -0.15) is 0 Å². The van der Waals surface area contributed by atoms with Gasteiger partial charge in [0, 0.05) is 26.9 Å². The summed E-state index contributed by atoms with van der Waals surface area (Å²) in [4.78, 5) is 2.44. The normalized spacial score (nSPS) is 14.6. The Morgan fingerprint density at radius 1 is 0.700 bits per heavy atom. The first-order valence-electron chi connectivity index (χ1n) is 13.9. The molecule has 1 aliphatic heterocycles. The van der Waals surface area contributed by atoms with Crippen LogP contribution in [0.1, 0.15) is 48.9 Å². The Hall–Kier alpha value is -2.21. The van der Waals surface area contributed by atoms with Crippen molar-refractivity contribution in [2.24, 2.45) is 0 Å². The lowest BCUT2D eigenvalue weighted by Crippen LogP contribution is -2.38. The Bertz CT molecular complexity index is 1510. The molecule has 7 heteroatoms. The van der Waals surface area contributed by atoms with Crippen molar-refractivity contribution in [1.29, 1.82) is 0 Å². The fourth-order valence-corrected chi connectivity index (χ4v) is 9.00. The molecule has 0 radical (unpaired) electrons. The quantitative estimate of drug-likeness (QED) is 0.115. The lowest BCUT2D eigenvalue weighted by Gasteiger charge is -2.45. The molecule has 0 fully saturated rings. The van der Waals surface area contributed by atoms with E-state index in [4.69, 9.17) is 9.05 Å². The Balaban J connectivity index is 1.47. The van der Waals surface area contributed by atoms with Crippen molar-refractivity contribution >= 4 is 50.8 Å². The number of nitrogens with zero attached hydrogens (tertiary/aromatic N) is 1. The van der Waals surface area contributed by atoms with Crippen molar-refractivity contribution in [1.82, 2.24) is 0 Å². The van der Waals surface area contributed by atoms with Gasteiger partial charge in [0.05, 0.1) is 24.8 Å². The molecule has 0 aromatic heterocycles. The van der Waals surface area contributed by atoms with Gasteiger partial charge in [0.2, 0.25) is 0 Å². The molecule has 40 heavy (non-hydrogen) atoms. The summed E-state index contributed by atoms with van der Waals surface area (Å²) in [5.41, 5.74) is 9.65. The SMILES string of the molecule is CCOP(=O)(CCCCN1c2ccccc2C2(c3cc(Br)ccc3-c3ccc(Br)cc32)c2ccccc21)OCC. The summed E-state index contributed by atoms with van der Waals surface area (Å²) in [6.07, 6.45) is 2.05. The van der Waals surface area contributed by atoms with Gasteiger partial charge in [-0.25, -0.2) is 0 Å². The van der Waals surface area contributed by atoms with Gasteiger partial charge < -0.3 is 13.9 Å². The smallest absolute Gasteiger partial charge is 0.330 e. The summed E-state index contributed by atoms with van der Waals surface area (Å²) in [6.45, 7) is 5.31. The second-order valence-corrected chi connectivity index (χ2v) is 14.2. The molecular weight excluding hydrogens is 649 g/mol. The van der Waals surface area contributed by atoms with Crippen LogP contribution >= 0.6 is 39.5 Å². The highest BCUT2D eigenvalue weighted by molar-refractivity contribution is 9.10. The van der Waals surface area contributed by atoms with Crippen LogP contribution in [0.5, 0.6) is 0 Å². The van der Waals surface area contributed by atoms with Crippen LogP contribution in [0.2, 0.25) is 0 Å². The summed E-state index contributed by atoms with van der Waals surface area (Å²) in [7, 11) is -3.05. The van der Waals surface area contributed by atoms with Crippen molar-refractivity contribution in [3.8, 4) is 11.1 Å². The summed E-state index contributed by atoms with van der Waals surface area (Å²) in [5.74, 6) is 0. The predicted molar refractivity (Wildman–Crippen MR) is 171 cm³/mol. The average Bonchev–Trinajstić information content (AvgIpc) is 3.22. The number of fused-ring (bicyclic) bond motifs is 9. The van der Waals surface area contributed by atoms with Crippen LogP contribution in [0.3, 0.4) is 0 Å². The van der Waals surface area contributed by atoms with Crippen molar-refractivity contribution in [3.63, 3.8) is 0 Å². The molecule has 0 unspecified atom stereocenters. The first-order chi connectivity index (χ1) is 19.4. The highest BCUT2D eigenvalue weighted by Crippen LogP contribution is 2.62. The number of hydrogen-bond donors (Lipinski definition) is 0. The third kappa shape index (κ3) is 4.53. The van der Waals surface area contributed by atoms with Crippen LogP contribution in [0.15, 0.2) is 93.9 Å². The van der Waals surface area contributed by atoms with E-state index in [0.717, 1.165) is 28.3 Å². The van der Waals surface area contributed by atoms with E-state index in [1.807, 2.05) is 13.8 Å². The lowest BCUT2D eigenvalue weighted by molar-refractivity contribution is 0.219. The minimum absolute atomic E-state index is 0.390. The zero-order valence-electron chi connectivity index (χ0n) is 22.7. The van der Waals surface area contributed by atoms with Crippen LogP contribution < -0.4 is 4.90 Å². The van der Waals surface area contributed by atoms with E-state index in [-0.39, 0.29) is 0 Å². The molecule has 206 valence electrons. The molecule has 4 nitrogen and oxygen atoms in total. The highest BCUT2D eigenvalue weighted by Gasteiger charge is 2.51. The third-order valence-corrected chi connectivity index (χ3v) is 11.1. The molecule has 0 saturated carbocycles. The van der Waals surface area contributed by atoms with Gasteiger partial charge in [0.15, 0.2) is 0 Å². The van der Waals surface area contributed by atoms with E-state index in [2.05, 4.69) is 122 Å². The minimum Gasteiger partial charge on any atom is -0.341 e. The first-order valence-corrected chi connectivity index (χ1v) is 17.2. The van der Waals surface area contributed by atoms with Crippen LogP contribution in [-0.4, -0.2) is 25.9 Å². The molecule has 0 atom stereocenters. The summed E-state index contributed by atoms with van der Waals surface area (Å²) >= 11 is 7.57. The molecule has 4 aromatic rings. The number of halogens is 2. The van der Waals surface area contributed by atoms with E-state index in [9.17, 15) is 4.57 Å². The van der Waals surface area contributed by atoms with Crippen LogP contribution in [-0.2, 0) is 19.0 Å². The van der Waals surface area contributed by atoms with E-state index >= 15 is 0 Å². The standard InChI is InChI=1S/C33H32Br2NO3P/c1-3-38-40(37,39-4-2)20-10-9-19-36-31-13-7-5-11-27(31)33(28-12-6-8-14-32(28)36)29-21-23(34)15-17-25(29)26-18-16-24(35)22-30(26)33/h5-8,11-18,21-22H,3-4,9-10,19-20H2,1-2H3. The van der Waals surface area contributed by atoms with Gasteiger partial charge in [0.1, 0.15) is 0 Å². The number of anilines is 2. The number of rotatable bonds is 9. The van der Waals surface area contributed by atoms with E-state index < -0.39 is 13.0 Å². The van der Waals surface area contributed by atoms with Gasteiger partial charge in [-0.3, -0.25) is 4.57 Å². The summed E-state index contributed by atoms with van der Waals surface area (Å²) < 4.78 is 26.3. The molecule has 4 aromatic carbocycles. The maximum Gasteiger partial charge on any atom is 0.330 e. The molecule has 0 N–H and O–H groups in total. The Kier molecular flexibility index (Phi) is 7.84. The largest absolute Gasteiger partial charge is 0.341 e. The molecule has 1 heterocycles. The van der Waals surface area contributed by atoms with Gasteiger partial charge in [-0.1, -0.05) is 80.4 Å². The molecule has 0 bridgehead atoms. The lowest BCUT2D eigenvalue weighted by atomic mass is 9.64. The van der Waals surface area contributed by atoms with E-state index in [1.54, 1.807) is 0 Å². The molecule has 1 aliphatic carbocycles. The van der Waals surface area contributed by atoms with Gasteiger partial charge in [-0.05, 0) is 96.5 Å². The fraction of sp³-hybridized carbons (Fsp3) is 0.273. The van der Waals surface area contributed by atoms with Gasteiger partial charge in [-0.15, -0.1) is 0 Å².